The molecule has 19 heavy (non-hydrogen) atoms. The lowest BCUT2D eigenvalue weighted by Gasteiger charge is -2.10. The monoisotopic (exact) mass is 293 g/mol. The van der Waals surface area contributed by atoms with Gasteiger partial charge in [-0.2, -0.15) is 0 Å². The number of anilines is 1. The van der Waals surface area contributed by atoms with Gasteiger partial charge in [-0.15, -0.1) is 0 Å². The molecule has 4 heteroatoms. The van der Waals surface area contributed by atoms with Crippen LogP contribution in [0.4, 0.5) is 5.69 Å². The maximum atomic E-state index is 12.2. The zero-order valence-electron chi connectivity index (χ0n) is 10.6. The lowest BCUT2D eigenvalue weighted by atomic mass is 10.1. The Kier molecular flexibility index (Phi) is 4.13. The molecular weight excluding hydrogens is 281 g/mol. The molecule has 0 spiro atoms. The second-order valence-electron chi connectivity index (χ2n) is 4.40. The van der Waals surface area contributed by atoms with Crippen LogP contribution in [0, 0.1) is 13.8 Å². The van der Waals surface area contributed by atoms with Crippen LogP contribution in [0.15, 0.2) is 36.4 Å². The van der Waals surface area contributed by atoms with Gasteiger partial charge in [-0.05, 0) is 49.2 Å². The van der Waals surface area contributed by atoms with Crippen LogP contribution in [0.5, 0.6) is 0 Å². The van der Waals surface area contributed by atoms with Crippen molar-refractivity contribution in [1.82, 2.24) is 0 Å². The zero-order chi connectivity index (χ0) is 14.0. The Labute approximate surface area is 122 Å². The summed E-state index contributed by atoms with van der Waals surface area (Å²) in [6.45, 7) is 3.91. The third kappa shape index (κ3) is 3.28. The molecule has 0 aliphatic heterocycles. The van der Waals surface area contributed by atoms with Gasteiger partial charge in [-0.1, -0.05) is 35.3 Å². The van der Waals surface area contributed by atoms with E-state index in [-0.39, 0.29) is 5.91 Å². The van der Waals surface area contributed by atoms with Gasteiger partial charge >= 0.3 is 0 Å². The molecule has 2 aromatic carbocycles. The van der Waals surface area contributed by atoms with Crippen LogP contribution in [-0.2, 0) is 0 Å². The van der Waals surface area contributed by atoms with Crippen LogP contribution in [0.1, 0.15) is 21.5 Å². The second kappa shape index (κ2) is 5.64. The number of halogens is 2. The van der Waals surface area contributed by atoms with Crippen molar-refractivity contribution < 1.29 is 4.79 Å². The average Bonchev–Trinajstić information content (AvgIpc) is 2.36. The van der Waals surface area contributed by atoms with Gasteiger partial charge in [0, 0.05) is 10.7 Å². The van der Waals surface area contributed by atoms with E-state index in [1.165, 1.54) is 0 Å². The molecule has 2 aromatic rings. The summed E-state index contributed by atoms with van der Waals surface area (Å²) in [5.74, 6) is -0.263. The maximum Gasteiger partial charge on any atom is 0.257 e. The number of benzene rings is 2. The minimum atomic E-state index is -0.263. The highest BCUT2D eigenvalue weighted by atomic mass is 35.5. The van der Waals surface area contributed by atoms with Gasteiger partial charge in [0.15, 0.2) is 0 Å². The van der Waals surface area contributed by atoms with Gasteiger partial charge in [0.05, 0.1) is 10.6 Å². The first kappa shape index (κ1) is 13.9. The van der Waals surface area contributed by atoms with E-state index in [0.29, 0.717) is 15.6 Å². The molecule has 0 bridgehead atoms. The first-order valence-electron chi connectivity index (χ1n) is 5.81. The minimum Gasteiger partial charge on any atom is -0.322 e. The third-order valence-corrected chi connectivity index (χ3v) is 3.38. The molecule has 1 amide bonds. The van der Waals surface area contributed by atoms with Crippen molar-refractivity contribution >= 4 is 34.8 Å². The van der Waals surface area contributed by atoms with E-state index in [0.717, 1.165) is 16.8 Å². The van der Waals surface area contributed by atoms with Gasteiger partial charge in [-0.3, -0.25) is 4.79 Å². The Balaban J connectivity index is 2.30. The van der Waals surface area contributed by atoms with Crippen molar-refractivity contribution in [2.24, 2.45) is 0 Å². The van der Waals surface area contributed by atoms with E-state index in [1.54, 1.807) is 18.2 Å². The Morgan fingerprint density at radius 2 is 1.79 bits per heavy atom. The zero-order valence-corrected chi connectivity index (χ0v) is 12.1. The van der Waals surface area contributed by atoms with Crippen molar-refractivity contribution in [3.05, 3.63) is 63.1 Å². The van der Waals surface area contributed by atoms with Crippen LogP contribution in [0.2, 0.25) is 10.0 Å². The molecule has 98 valence electrons. The number of nitrogens with one attached hydrogen (secondary N) is 1. The first-order valence-corrected chi connectivity index (χ1v) is 6.56. The number of rotatable bonds is 2. The van der Waals surface area contributed by atoms with Crippen molar-refractivity contribution in [2.75, 3.05) is 5.32 Å². The fourth-order valence-corrected chi connectivity index (χ4v) is 2.11. The number of hydrogen-bond acceptors (Lipinski definition) is 1. The standard InChI is InChI=1S/C15H13Cl2NO/c1-9-3-4-10(2)14(7-9)18-15(19)12-8-11(16)5-6-13(12)17/h3-8H,1-2H3,(H,18,19). The predicted molar refractivity (Wildman–Crippen MR) is 80.3 cm³/mol. The van der Waals surface area contributed by atoms with E-state index in [1.807, 2.05) is 32.0 Å². The van der Waals surface area contributed by atoms with Gasteiger partial charge < -0.3 is 5.32 Å². The van der Waals surface area contributed by atoms with E-state index in [9.17, 15) is 4.79 Å². The molecule has 0 radical (unpaired) electrons. The van der Waals surface area contributed by atoms with Gasteiger partial charge in [0.25, 0.3) is 5.91 Å². The summed E-state index contributed by atoms with van der Waals surface area (Å²) >= 11 is 11.9. The van der Waals surface area contributed by atoms with E-state index < -0.39 is 0 Å². The SMILES string of the molecule is Cc1ccc(C)c(NC(=O)c2cc(Cl)ccc2Cl)c1. The highest BCUT2D eigenvalue weighted by Crippen LogP contribution is 2.23. The number of carbonyl (C=O) groups is 1. The molecule has 0 aliphatic carbocycles. The first-order chi connectivity index (χ1) is 8.97. The molecule has 0 saturated heterocycles. The van der Waals surface area contributed by atoms with Crippen LogP contribution < -0.4 is 5.32 Å². The van der Waals surface area contributed by atoms with E-state index in [2.05, 4.69) is 5.32 Å². The molecule has 2 rings (SSSR count). The lowest BCUT2D eigenvalue weighted by molar-refractivity contribution is 0.102. The van der Waals surface area contributed by atoms with Crippen LogP contribution in [0.25, 0.3) is 0 Å². The minimum absolute atomic E-state index is 0.263. The lowest BCUT2D eigenvalue weighted by Crippen LogP contribution is -2.13. The topological polar surface area (TPSA) is 29.1 Å². The molecule has 0 heterocycles. The summed E-state index contributed by atoms with van der Waals surface area (Å²) in [6.07, 6.45) is 0. The molecule has 0 saturated carbocycles. The summed E-state index contributed by atoms with van der Waals surface area (Å²) in [6, 6.07) is 10.7. The summed E-state index contributed by atoms with van der Waals surface area (Å²) in [5, 5.41) is 3.72. The van der Waals surface area contributed by atoms with E-state index in [4.69, 9.17) is 23.2 Å². The Hall–Kier alpha value is -1.51. The fraction of sp³-hybridized carbons (Fsp3) is 0.133. The molecule has 0 unspecified atom stereocenters. The number of amides is 1. The van der Waals surface area contributed by atoms with Gasteiger partial charge in [0.1, 0.15) is 0 Å². The van der Waals surface area contributed by atoms with E-state index >= 15 is 0 Å². The molecule has 0 aliphatic rings. The molecule has 2 nitrogen and oxygen atoms in total. The summed E-state index contributed by atoms with van der Waals surface area (Å²) < 4.78 is 0. The number of aryl methyl sites for hydroxylation is 2. The number of carbonyl (C=O) groups excluding carboxylic acids is 1. The molecule has 0 fully saturated rings. The molecule has 0 atom stereocenters. The second-order valence-corrected chi connectivity index (χ2v) is 5.24. The van der Waals surface area contributed by atoms with Crippen molar-refractivity contribution in [3.8, 4) is 0 Å². The van der Waals surface area contributed by atoms with Crippen molar-refractivity contribution in [2.45, 2.75) is 13.8 Å². The summed E-state index contributed by atoms with van der Waals surface area (Å²) in [7, 11) is 0. The van der Waals surface area contributed by atoms with Crippen LogP contribution in [-0.4, -0.2) is 5.91 Å². The third-order valence-electron chi connectivity index (χ3n) is 2.81. The van der Waals surface area contributed by atoms with Gasteiger partial charge in [-0.25, -0.2) is 0 Å². The fourth-order valence-electron chi connectivity index (χ4n) is 1.73. The molecule has 0 aromatic heterocycles. The predicted octanol–water partition coefficient (Wildman–Crippen LogP) is 4.86. The maximum absolute atomic E-state index is 12.2. The van der Waals surface area contributed by atoms with Gasteiger partial charge in [0.2, 0.25) is 0 Å². The summed E-state index contributed by atoms with van der Waals surface area (Å²) in [4.78, 5) is 12.2. The summed E-state index contributed by atoms with van der Waals surface area (Å²) in [5.41, 5.74) is 3.23. The highest BCUT2D eigenvalue weighted by molar-refractivity contribution is 6.36. The smallest absolute Gasteiger partial charge is 0.257 e. The largest absolute Gasteiger partial charge is 0.322 e. The molecule has 1 N–H and O–H groups in total. The Morgan fingerprint density at radius 1 is 1.05 bits per heavy atom. The van der Waals surface area contributed by atoms with Crippen LogP contribution in [0.3, 0.4) is 0 Å². The average molecular weight is 294 g/mol. The van der Waals surface area contributed by atoms with Crippen molar-refractivity contribution in [1.29, 1.82) is 0 Å². The number of hydrogen-bond donors (Lipinski definition) is 1. The quantitative estimate of drug-likeness (QED) is 0.841. The molecular formula is C15H13Cl2NO. The Morgan fingerprint density at radius 3 is 2.53 bits per heavy atom. The normalized spacial score (nSPS) is 10.3. The Bertz CT molecular complexity index is 638. The highest BCUT2D eigenvalue weighted by Gasteiger charge is 2.12. The van der Waals surface area contributed by atoms with Crippen molar-refractivity contribution in [3.63, 3.8) is 0 Å². The van der Waals surface area contributed by atoms with Crippen LogP contribution >= 0.6 is 23.2 Å².